The van der Waals surface area contributed by atoms with Crippen LogP contribution in [0, 0.1) is 10.1 Å². The van der Waals surface area contributed by atoms with Crippen molar-refractivity contribution in [2.45, 2.75) is 13.3 Å². The summed E-state index contributed by atoms with van der Waals surface area (Å²) in [6, 6.07) is 2.55. The summed E-state index contributed by atoms with van der Waals surface area (Å²) in [7, 11) is 2.93. The van der Waals surface area contributed by atoms with Gasteiger partial charge in [-0.25, -0.2) is 9.78 Å². The zero-order valence-electron chi connectivity index (χ0n) is 10.5. The molecule has 98 valence electrons. The van der Waals surface area contributed by atoms with Crippen LogP contribution >= 0.6 is 0 Å². The minimum absolute atomic E-state index is 0.0565. The van der Waals surface area contributed by atoms with E-state index in [9.17, 15) is 14.9 Å². The smallest absolute Gasteiger partial charge is 0.356 e. The maximum atomic E-state index is 11.4. The summed E-state index contributed by atoms with van der Waals surface area (Å²) >= 11 is 0. The molecule has 0 aliphatic rings. The van der Waals surface area contributed by atoms with E-state index in [0.29, 0.717) is 6.54 Å². The molecule has 18 heavy (non-hydrogen) atoms. The summed E-state index contributed by atoms with van der Waals surface area (Å²) in [5.74, 6) is -0.444. The lowest BCUT2D eigenvalue weighted by molar-refractivity contribution is -0.384. The first-order valence-electron chi connectivity index (χ1n) is 5.46. The van der Waals surface area contributed by atoms with Crippen LogP contribution in [0.15, 0.2) is 12.1 Å². The van der Waals surface area contributed by atoms with Crippen LogP contribution in [0.5, 0.6) is 0 Å². The van der Waals surface area contributed by atoms with Crippen molar-refractivity contribution in [2.24, 2.45) is 0 Å². The number of carbonyl (C=O) groups excluding carboxylic acids is 1. The maximum Gasteiger partial charge on any atom is 0.356 e. The van der Waals surface area contributed by atoms with Gasteiger partial charge >= 0.3 is 11.7 Å². The largest absolute Gasteiger partial charge is 0.464 e. The van der Waals surface area contributed by atoms with Crippen molar-refractivity contribution in [2.75, 3.05) is 25.6 Å². The Morgan fingerprint density at radius 2 is 2.22 bits per heavy atom. The van der Waals surface area contributed by atoms with Crippen LogP contribution in [-0.2, 0) is 4.74 Å². The van der Waals surface area contributed by atoms with Crippen molar-refractivity contribution in [1.82, 2.24) is 4.98 Å². The summed E-state index contributed by atoms with van der Waals surface area (Å²) in [6.07, 6.45) is 0.817. The van der Waals surface area contributed by atoms with Gasteiger partial charge in [0.25, 0.3) is 0 Å². The van der Waals surface area contributed by atoms with Crippen molar-refractivity contribution >= 4 is 17.5 Å². The minimum atomic E-state index is -0.615. The third-order valence-electron chi connectivity index (χ3n) is 2.37. The van der Waals surface area contributed by atoms with E-state index in [1.54, 1.807) is 11.9 Å². The molecule has 0 fully saturated rings. The molecule has 0 saturated heterocycles. The fourth-order valence-electron chi connectivity index (χ4n) is 1.52. The summed E-state index contributed by atoms with van der Waals surface area (Å²) < 4.78 is 4.54. The van der Waals surface area contributed by atoms with Gasteiger partial charge in [0.05, 0.1) is 12.0 Å². The number of carbonyl (C=O) groups is 1. The van der Waals surface area contributed by atoms with E-state index in [0.717, 1.165) is 6.42 Å². The van der Waals surface area contributed by atoms with Gasteiger partial charge in [0.15, 0.2) is 5.69 Å². The Labute approximate surface area is 105 Å². The van der Waals surface area contributed by atoms with Gasteiger partial charge in [-0.3, -0.25) is 10.1 Å². The molecule has 0 atom stereocenters. The molecule has 0 aliphatic heterocycles. The summed E-state index contributed by atoms with van der Waals surface area (Å²) in [5, 5.41) is 10.9. The Morgan fingerprint density at radius 3 is 2.72 bits per heavy atom. The van der Waals surface area contributed by atoms with E-state index in [1.165, 1.54) is 19.2 Å². The number of nitro groups is 1. The highest BCUT2D eigenvalue weighted by Gasteiger charge is 2.21. The molecule has 0 aliphatic carbocycles. The first-order chi connectivity index (χ1) is 8.51. The Morgan fingerprint density at radius 1 is 1.56 bits per heavy atom. The number of nitrogens with zero attached hydrogens (tertiary/aromatic N) is 3. The Hall–Kier alpha value is -2.18. The molecule has 1 heterocycles. The highest BCUT2D eigenvalue weighted by molar-refractivity contribution is 5.88. The van der Waals surface area contributed by atoms with Gasteiger partial charge in [-0.05, 0) is 12.5 Å². The monoisotopic (exact) mass is 253 g/mol. The third kappa shape index (κ3) is 2.93. The zero-order valence-corrected chi connectivity index (χ0v) is 10.5. The van der Waals surface area contributed by atoms with Crippen LogP contribution < -0.4 is 4.90 Å². The standard InChI is InChI=1S/C11H15N3O4/c1-4-7-13(2)10-9(14(16)17)6-5-8(12-10)11(15)18-3/h5-6H,4,7H2,1-3H3. The lowest BCUT2D eigenvalue weighted by Crippen LogP contribution is -2.21. The Bertz CT molecular complexity index is 462. The quantitative estimate of drug-likeness (QED) is 0.450. The van der Waals surface area contributed by atoms with Gasteiger partial charge in [-0.2, -0.15) is 0 Å². The van der Waals surface area contributed by atoms with Crippen LogP contribution in [0.4, 0.5) is 11.5 Å². The van der Waals surface area contributed by atoms with Crippen LogP contribution in [0.3, 0.4) is 0 Å². The number of pyridine rings is 1. The van der Waals surface area contributed by atoms with Crippen molar-refractivity contribution < 1.29 is 14.5 Å². The van der Waals surface area contributed by atoms with E-state index in [4.69, 9.17) is 0 Å². The average molecular weight is 253 g/mol. The molecule has 0 amide bonds. The van der Waals surface area contributed by atoms with Crippen LogP contribution in [0.1, 0.15) is 23.8 Å². The number of hydrogen-bond donors (Lipinski definition) is 0. The molecule has 1 rings (SSSR count). The molecule has 1 aromatic heterocycles. The molecule has 7 nitrogen and oxygen atoms in total. The molecule has 1 aromatic rings. The van der Waals surface area contributed by atoms with E-state index >= 15 is 0 Å². The molecular weight excluding hydrogens is 238 g/mol. The van der Waals surface area contributed by atoms with E-state index < -0.39 is 10.9 Å². The van der Waals surface area contributed by atoms with E-state index in [-0.39, 0.29) is 17.2 Å². The second-order valence-corrected chi connectivity index (χ2v) is 3.71. The zero-order chi connectivity index (χ0) is 13.7. The number of methoxy groups -OCH3 is 1. The van der Waals surface area contributed by atoms with Crippen molar-refractivity contribution in [3.63, 3.8) is 0 Å². The SMILES string of the molecule is CCCN(C)c1nc(C(=O)OC)ccc1[N+](=O)[O-]. The van der Waals surface area contributed by atoms with Gasteiger partial charge in [0.1, 0.15) is 0 Å². The number of aromatic nitrogens is 1. The topological polar surface area (TPSA) is 85.6 Å². The highest BCUT2D eigenvalue weighted by atomic mass is 16.6. The molecule has 7 heteroatoms. The van der Waals surface area contributed by atoms with Gasteiger partial charge in [0, 0.05) is 19.7 Å². The number of esters is 1. The second-order valence-electron chi connectivity index (χ2n) is 3.71. The maximum absolute atomic E-state index is 11.4. The molecule has 0 N–H and O–H groups in total. The van der Waals surface area contributed by atoms with Gasteiger partial charge in [0.2, 0.25) is 5.82 Å². The van der Waals surface area contributed by atoms with Gasteiger partial charge < -0.3 is 9.64 Å². The molecular formula is C11H15N3O4. The molecule has 0 aromatic carbocycles. The fraction of sp³-hybridized carbons (Fsp3) is 0.455. The first-order valence-corrected chi connectivity index (χ1v) is 5.46. The van der Waals surface area contributed by atoms with Crippen LogP contribution in [-0.4, -0.2) is 36.6 Å². The first kappa shape index (κ1) is 13.9. The predicted octanol–water partition coefficient (Wildman–Crippen LogP) is 1.62. The third-order valence-corrected chi connectivity index (χ3v) is 2.37. The van der Waals surface area contributed by atoms with Gasteiger partial charge in [-0.15, -0.1) is 0 Å². The van der Waals surface area contributed by atoms with Crippen LogP contribution in [0.2, 0.25) is 0 Å². The van der Waals surface area contributed by atoms with Gasteiger partial charge in [-0.1, -0.05) is 6.92 Å². The molecule has 0 unspecified atom stereocenters. The lowest BCUT2D eigenvalue weighted by atomic mass is 10.3. The summed E-state index contributed by atoms with van der Waals surface area (Å²) in [6.45, 7) is 2.56. The average Bonchev–Trinajstić information content (AvgIpc) is 2.37. The fourth-order valence-corrected chi connectivity index (χ4v) is 1.52. The summed E-state index contributed by atoms with van der Waals surface area (Å²) in [4.78, 5) is 27.4. The number of hydrogen-bond acceptors (Lipinski definition) is 6. The minimum Gasteiger partial charge on any atom is -0.464 e. The molecule has 0 saturated carbocycles. The normalized spacial score (nSPS) is 9.94. The highest BCUT2D eigenvalue weighted by Crippen LogP contribution is 2.25. The van der Waals surface area contributed by atoms with E-state index in [2.05, 4.69) is 9.72 Å². The Kier molecular flexibility index (Phi) is 4.59. The summed E-state index contributed by atoms with van der Waals surface area (Å²) in [5.41, 5.74) is -0.0698. The second kappa shape index (κ2) is 5.95. The predicted molar refractivity (Wildman–Crippen MR) is 65.8 cm³/mol. The van der Waals surface area contributed by atoms with Crippen molar-refractivity contribution in [1.29, 1.82) is 0 Å². The van der Waals surface area contributed by atoms with Crippen molar-refractivity contribution in [3.05, 3.63) is 27.9 Å². The lowest BCUT2D eigenvalue weighted by Gasteiger charge is -2.17. The Balaban J connectivity index is 3.23. The van der Waals surface area contributed by atoms with Crippen molar-refractivity contribution in [3.8, 4) is 0 Å². The molecule has 0 bridgehead atoms. The van der Waals surface area contributed by atoms with E-state index in [1.807, 2.05) is 6.92 Å². The van der Waals surface area contributed by atoms with Crippen LogP contribution in [0.25, 0.3) is 0 Å². The number of rotatable bonds is 5. The molecule has 0 radical (unpaired) electrons. The number of anilines is 1. The number of ether oxygens (including phenoxy) is 1. The molecule has 0 spiro atoms.